The minimum Gasteiger partial charge on any atom is -0.396 e. The van der Waals surface area contributed by atoms with E-state index in [4.69, 9.17) is 9.97 Å². The molecule has 2 N–H and O–H groups in total. The summed E-state index contributed by atoms with van der Waals surface area (Å²) >= 11 is 1.77. The number of thioether (sulfide) groups is 1. The Morgan fingerprint density at radius 2 is 2.22 bits per heavy atom. The third-order valence-electron chi connectivity index (χ3n) is 4.01. The molecule has 0 amide bonds. The zero-order valence-corrected chi connectivity index (χ0v) is 14.1. The van der Waals surface area contributed by atoms with E-state index in [2.05, 4.69) is 16.6 Å². The van der Waals surface area contributed by atoms with Crippen molar-refractivity contribution in [2.75, 3.05) is 23.9 Å². The van der Waals surface area contributed by atoms with E-state index >= 15 is 0 Å². The number of aliphatic hydroxyl groups excluding tert-OH is 1. The van der Waals surface area contributed by atoms with Crippen LogP contribution >= 0.6 is 11.8 Å². The van der Waals surface area contributed by atoms with E-state index in [1.54, 1.807) is 18.0 Å². The van der Waals surface area contributed by atoms with Crippen molar-refractivity contribution >= 4 is 17.6 Å². The first-order valence-corrected chi connectivity index (χ1v) is 9.38. The van der Waals surface area contributed by atoms with Crippen molar-refractivity contribution in [1.82, 2.24) is 15.0 Å². The summed E-state index contributed by atoms with van der Waals surface area (Å²) in [7, 11) is 0. The van der Waals surface area contributed by atoms with Crippen LogP contribution in [0.2, 0.25) is 0 Å². The normalized spacial score (nSPS) is 14.5. The molecule has 0 fully saturated rings. The first-order chi connectivity index (χ1) is 11.3. The maximum absolute atomic E-state index is 9.28. The number of aliphatic hydroxyl groups is 1. The van der Waals surface area contributed by atoms with Crippen molar-refractivity contribution < 1.29 is 5.11 Å². The van der Waals surface area contributed by atoms with Gasteiger partial charge in [-0.05, 0) is 44.1 Å². The second-order valence-corrected chi connectivity index (χ2v) is 6.61. The van der Waals surface area contributed by atoms with Gasteiger partial charge in [0, 0.05) is 35.9 Å². The predicted octanol–water partition coefficient (Wildman–Crippen LogP) is 2.55. The molecule has 1 aliphatic carbocycles. The van der Waals surface area contributed by atoms with E-state index in [0.717, 1.165) is 48.6 Å². The molecule has 1 unspecified atom stereocenters. The molecule has 23 heavy (non-hydrogen) atoms. The highest BCUT2D eigenvalue weighted by Gasteiger charge is 2.21. The summed E-state index contributed by atoms with van der Waals surface area (Å²) in [5.41, 5.74) is 3.16. The smallest absolute Gasteiger partial charge is 0.180 e. The highest BCUT2D eigenvalue weighted by atomic mass is 32.2. The molecule has 122 valence electrons. The largest absolute Gasteiger partial charge is 0.396 e. The monoisotopic (exact) mass is 330 g/mol. The number of fused-ring (bicyclic) bond motifs is 1. The fourth-order valence-electron chi connectivity index (χ4n) is 2.91. The average molecular weight is 330 g/mol. The zero-order valence-electron chi connectivity index (χ0n) is 13.3. The molecule has 2 heterocycles. The van der Waals surface area contributed by atoms with Crippen molar-refractivity contribution in [3.05, 3.63) is 35.7 Å². The van der Waals surface area contributed by atoms with E-state index in [-0.39, 0.29) is 12.6 Å². The van der Waals surface area contributed by atoms with Gasteiger partial charge in [0.2, 0.25) is 0 Å². The molecule has 1 aliphatic rings. The summed E-state index contributed by atoms with van der Waals surface area (Å²) in [4.78, 5) is 13.8. The van der Waals surface area contributed by atoms with E-state index in [1.807, 2.05) is 18.2 Å². The number of nitrogens with one attached hydrogen (secondary N) is 1. The molecule has 0 bridgehead atoms. The minimum atomic E-state index is 0.179. The molecule has 0 saturated carbocycles. The SMILES string of the molecule is CSCC(CCO)Nc1nc(-c2ccccn2)nc2c1CCC2. The van der Waals surface area contributed by atoms with Crippen molar-refractivity contribution in [3.8, 4) is 11.5 Å². The van der Waals surface area contributed by atoms with Crippen LogP contribution in [0.5, 0.6) is 0 Å². The van der Waals surface area contributed by atoms with Gasteiger partial charge in [0.1, 0.15) is 11.5 Å². The molecular formula is C17H22N4OS. The van der Waals surface area contributed by atoms with Crippen molar-refractivity contribution in [2.45, 2.75) is 31.7 Å². The molecule has 0 aromatic carbocycles. The van der Waals surface area contributed by atoms with Crippen LogP contribution in [-0.4, -0.2) is 44.7 Å². The first-order valence-electron chi connectivity index (χ1n) is 7.99. The van der Waals surface area contributed by atoms with Gasteiger partial charge < -0.3 is 10.4 Å². The van der Waals surface area contributed by atoms with E-state index in [9.17, 15) is 5.11 Å². The number of aryl methyl sites for hydroxylation is 1. The van der Waals surface area contributed by atoms with Crippen molar-refractivity contribution in [2.24, 2.45) is 0 Å². The standard InChI is InChI=1S/C17H22N4OS/c1-23-11-12(8-10-22)19-16-13-5-4-7-14(13)20-17(21-16)15-6-2-3-9-18-15/h2-3,6,9,12,22H,4-5,7-8,10-11H2,1H3,(H,19,20,21). The van der Waals surface area contributed by atoms with Crippen LogP contribution in [0.4, 0.5) is 5.82 Å². The van der Waals surface area contributed by atoms with Gasteiger partial charge in [-0.3, -0.25) is 4.98 Å². The Balaban J connectivity index is 1.94. The molecule has 0 radical (unpaired) electrons. The molecule has 6 heteroatoms. The predicted molar refractivity (Wildman–Crippen MR) is 94.8 cm³/mol. The van der Waals surface area contributed by atoms with E-state index < -0.39 is 0 Å². The summed E-state index contributed by atoms with van der Waals surface area (Å²) in [6.07, 6.45) is 7.71. The van der Waals surface area contributed by atoms with Gasteiger partial charge >= 0.3 is 0 Å². The van der Waals surface area contributed by atoms with Gasteiger partial charge in [0.05, 0.1) is 0 Å². The fraction of sp³-hybridized carbons (Fsp3) is 0.471. The van der Waals surface area contributed by atoms with Crippen LogP contribution in [-0.2, 0) is 12.8 Å². The molecule has 2 aromatic rings. The van der Waals surface area contributed by atoms with Gasteiger partial charge in [-0.2, -0.15) is 11.8 Å². The summed E-state index contributed by atoms with van der Waals surface area (Å²) in [6, 6.07) is 6.00. The Labute approximate surface area is 141 Å². The van der Waals surface area contributed by atoms with Crippen LogP contribution in [0.1, 0.15) is 24.1 Å². The maximum Gasteiger partial charge on any atom is 0.180 e. The molecule has 3 rings (SSSR count). The van der Waals surface area contributed by atoms with Crippen LogP contribution in [0.3, 0.4) is 0 Å². The number of hydrogen-bond acceptors (Lipinski definition) is 6. The number of pyridine rings is 1. The topological polar surface area (TPSA) is 70.9 Å². The number of hydrogen-bond donors (Lipinski definition) is 2. The fourth-order valence-corrected chi connectivity index (χ4v) is 3.56. The molecule has 5 nitrogen and oxygen atoms in total. The second kappa shape index (κ2) is 7.75. The van der Waals surface area contributed by atoms with Crippen LogP contribution in [0.25, 0.3) is 11.5 Å². The number of nitrogens with zero attached hydrogens (tertiary/aromatic N) is 3. The molecule has 0 aliphatic heterocycles. The lowest BCUT2D eigenvalue weighted by Gasteiger charge is -2.20. The molecular weight excluding hydrogens is 308 g/mol. The van der Waals surface area contributed by atoms with Gasteiger partial charge in [-0.1, -0.05) is 6.07 Å². The highest BCUT2D eigenvalue weighted by Crippen LogP contribution is 2.29. The quantitative estimate of drug-likeness (QED) is 0.813. The van der Waals surface area contributed by atoms with E-state index in [0.29, 0.717) is 5.82 Å². The zero-order chi connectivity index (χ0) is 16.1. The maximum atomic E-state index is 9.28. The first kappa shape index (κ1) is 16.2. The lowest BCUT2D eigenvalue weighted by molar-refractivity contribution is 0.282. The summed E-state index contributed by atoms with van der Waals surface area (Å²) in [5.74, 6) is 2.54. The van der Waals surface area contributed by atoms with Gasteiger partial charge in [0.25, 0.3) is 0 Å². The van der Waals surface area contributed by atoms with Crippen molar-refractivity contribution in [3.63, 3.8) is 0 Å². The molecule has 1 atom stereocenters. The number of anilines is 1. The lowest BCUT2D eigenvalue weighted by Crippen LogP contribution is -2.25. The summed E-state index contributed by atoms with van der Waals surface area (Å²) in [5, 5.41) is 12.8. The Morgan fingerprint density at radius 3 is 2.96 bits per heavy atom. The van der Waals surface area contributed by atoms with Gasteiger partial charge in [-0.15, -0.1) is 0 Å². The minimum absolute atomic E-state index is 0.179. The highest BCUT2D eigenvalue weighted by molar-refractivity contribution is 7.98. The summed E-state index contributed by atoms with van der Waals surface area (Å²) < 4.78 is 0. The van der Waals surface area contributed by atoms with Gasteiger partial charge in [-0.25, -0.2) is 9.97 Å². The summed E-state index contributed by atoms with van der Waals surface area (Å²) in [6.45, 7) is 0.179. The van der Waals surface area contributed by atoms with E-state index in [1.165, 1.54) is 5.56 Å². The molecule has 2 aromatic heterocycles. The third-order valence-corrected chi connectivity index (χ3v) is 4.75. The Bertz CT molecular complexity index is 645. The van der Waals surface area contributed by atoms with Crippen LogP contribution in [0.15, 0.2) is 24.4 Å². The molecule has 0 saturated heterocycles. The van der Waals surface area contributed by atoms with Crippen molar-refractivity contribution in [1.29, 1.82) is 0 Å². The molecule has 0 spiro atoms. The van der Waals surface area contributed by atoms with Crippen LogP contribution < -0.4 is 5.32 Å². The lowest BCUT2D eigenvalue weighted by atomic mass is 10.2. The number of rotatable bonds is 7. The Hall–Kier alpha value is -1.66. The van der Waals surface area contributed by atoms with Crippen LogP contribution in [0, 0.1) is 0 Å². The second-order valence-electron chi connectivity index (χ2n) is 5.70. The van der Waals surface area contributed by atoms with Gasteiger partial charge in [0.15, 0.2) is 5.82 Å². The average Bonchev–Trinajstić information content (AvgIpc) is 3.05. The Morgan fingerprint density at radius 1 is 1.30 bits per heavy atom. The number of aromatic nitrogens is 3. The third kappa shape index (κ3) is 3.82. The Kier molecular flexibility index (Phi) is 5.46.